The molecule has 0 radical (unpaired) electrons. The van der Waals surface area contributed by atoms with Gasteiger partial charge in [-0.25, -0.2) is 4.98 Å². The number of piperidine rings is 1. The minimum atomic E-state index is 0.0678. The van der Waals surface area contributed by atoms with Gasteiger partial charge in [0, 0.05) is 19.6 Å². The van der Waals surface area contributed by atoms with Gasteiger partial charge in [-0.1, -0.05) is 30.6 Å². The lowest BCUT2D eigenvalue weighted by Gasteiger charge is -2.41. The first kappa shape index (κ1) is 14.6. The summed E-state index contributed by atoms with van der Waals surface area (Å²) in [5, 5.41) is 3.87. The highest BCUT2D eigenvalue weighted by Crippen LogP contribution is 2.37. The molecule has 1 saturated heterocycles. The van der Waals surface area contributed by atoms with E-state index in [4.69, 9.17) is 5.73 Å². The third kappa shape index (κ3) is 3.00. The molecule has 1 aromatic rings. The van der Waals surface area contributed by atoms with Crippen molar-refractivity contribution in [2.24, 2.45) is 11.8 Å². The zero-order valence-electron chi connectivity index (χ0n) is 12.6. The van der Waals surface area contributed by atoms with Gasteiger partial charge in [-0.3, -0.25) is 4.79 Å². The number of hydrogen-bond acceptors (Lipinski definition) is 5. The molecule has 0 aromatic carbocycles. The maximum absolute atomic E-state index is 12.7. The molecule has 2 fully saturated rings. The SMILES string of the molecule is CCNc1nc(N)c(C(=O)N2CCC3CCCCC3C2)s1. The summed E-state index contributed by atoms with van der Waals surface area (Å²) in [5.74, 6) is 1.96. The molecule has 3 rings (SSSR count). The number of amides is 1. The molecule has 5 nitrogen and oxygen atoms in total. The van der Waals surface area contributed by atoms with Gasteiger partial charge in [-0.2, -0.15) is 0 Å². The first-order valence-corrected chi connectivity index (χ1v) is 8.80. The highest BCUT2D eigenvalue weighted by molar-refractivity contribution is 7.18. The Kier molecular flexibility index (Phi) is 4.33. The van der Waals surface area contributed by atoms with E-state index in [1.165, 1.54) is 37.0 Å². The number of carbonyl (C=O) groups excluding carboxylic acids is 1. The van der Waals surface area contributed by atoms with E-state index in [2.05, 4.69) is 10.3 Å². The van der Waals surface area contributed by atoms with Crippen LogP contribution in [0.5, 0.6) is 0 Å². The Labute approximate surface area is 129 Å². The zero-order chi connectivity index (χ0) is 14.8. The van der Waals surface area contributed by atoms with Gasteiger partial charge in [-0.05, 0) is 31.6 Å². The number of rotatable bonds is 3. The van der Waals surface area contributed by atoms with Crippen molar-refractivity contribution in [3.8, 4) is 0 Å². The van der Waals surface area contributed by atoms with Gasteiger partial charge >= 0.3 is 0 Å². The number of anilines is 2. The van der Waals surface area contributed by atoms with E-state index >= 15 is 0 Å². The standard InChI is InChI=1S/C15H24N4OS/c1-2-17-15-18-13(16)12(21-15)14(20)19-8-7-10-5-3-4-6-11(10)9-19/h10-11H,2-9,16H2,1H3,(H,17,18). The van der Waals surface area contributed by atoms with E-state index in [0.29, 0.717) is 16.6 Å². The van der Waals surface area contributed by atoms with E-state index in [-0.39, 0.29) is 5.91 Å². The highest BCUT2D eigenvalue weighted by Gasteiger charge is 2.34. The van der Waals surface area contributed by atoms with Crippen LogP contribution in [0.25, 0.3) is 0 Å². The van der Waals surface area contributed by atoms with Gasteiger partial charge in [0.25, 0.3) is 5.91 Å². The lowest BCUT2D eigenvalue weighted by molar-refractivity contribution is 0.0526. The van der Waals surface area contributed by atoms with Crippen molar-refractivity contribution in [1.82, 2.24) is 9.88 Å². The molecule has 116 valence electrons. The maximum atomic E-state index is 12.7. The van der Waals surface area contributed by atoms with Crippen molar-refractivity contribution in [2.75, 3.05) is 30.7 Å². The molecule has 0 bridgehead atoms. The molecule has 0 spiro atoms. The molecule has 6 heteroatoms. The summed E-state index contributed by atoms with van der Waals surface area (Å²) in [6.45, 7) is 4.56. The number of nitrogens with two attached hydrogens (primary N) is 1. The second-order valence-electron chi connectivity index (χ2n) is 6.11. The van der Waals surface area contributed by atoms with Crippen molar-refractivity contribution in [1.29, 1.82) is 0 Å². The van der Waals surface area contributed by atoms with E-state index < -0.39 is 0 Å². The van der Waals surface area contributed by atoms with Crippen LogP contribution < -0.4 is 11.1 Å². The Bertz CT molecular complexity index is 516. The van der Waals surface area contributed by atoms with Crippen LogP contribution in [-0.2, 0) is 0 Å². The van der Waals surface area contributed by atoms with Gasteiger partial charge in [0.1, 0.15) is 10.7 Å². The highest BCUT2D eigenvalue weighted by atomic mass is 32.1. The predicted octanol–water partition coefficient (Wildman–Crippen LogP) is 2.81. The summed E-state index contributed by atoms with van der Waals surface area (Å²) in [4.78, 5) is 19.5. The second kappa shape index (κ2) is 6.22. The lowest BCUT2D eigenvalue weighted by atomic mass is 9.75. The molecular formula is C15H24N4OS. The average Bonchev–Trinajstić information content (AvgIpc) is 2.87. The summed E-state index contributed by atoms with van der Waals surface area (Å²) in [6, 6.07) is 0. The van der Waals surface area contributed by atoms with Gasteiger partial charge < -0.3 is 16.0 Å². The summed E-state index contributed by atoms with van der Waals surface area (Å²) >= 11 is 1.38. The van der Waals surface area contributed by atoms with Crippen molar-refractivity contribution in [2.45, 2.75) is 39.0 Å². The number of nitrogens with zero attached hydrogens (tertiary/aromatic N) is 2. The summed E-state index contributed by atoms with van der Waals surface area (Å²) in [5.41, 5.74) is 5.92. The van der Waals surface area contributed by atoms with Crippen LogP contribution >= 0.6 is 11.3 Å². The second-order valence-corrected chi connectivity index (χ2v) is 7.11. The van der Waals surface area contributed by atoms with Gasteiger partial charge in [0.2, 0.25) is 0 Å². The van der Waals surface area contributed by atoms with Crippen LogP contribution in [0, 0.1) is 11.8 Å². The maximum Gasteiger partial charge on any atom is 0.267 e. The van der Waals surface area contributed by atoms with Gasteiger partial charge in [-0.15, -0.1) is 0 Å². The number of likely N-dealkylation sites (tertiary alicyclic amines) is 1. The molecule has 2 heterocycles. The third-order valence-corrected chi connectivity index (χ3v) is 5.77. The summed E-state index contributed by atoms with van der Waals surface area (Å²) in [7, 11) is 0. The topological polar surface area (TPSA) is 71.2 Å². The Morgan fingerprint density at radius 1 is 1.38 bits per heavy atom. The quantitative estimate of drug-likeness (QED) is 0.900. The fraction of sp³-hybridized carbons (Fsp3) is 0.733. The van der Waals surface area contributed by atoms with Crippen molar-refractivity contribution in [3.63, 3.8) is 0 Å². The molecule has 1 saturated carbocycles. The summed E-state index contributed by atoms with van der Waals surface area (Å²) in [6.07, 6.45) is 6.45. The number of thiazole rings is 1. The van der Waals surface area contributed by atoms with E-state index in [1.807, 2.05) is 11.8 Å². The van der Waals surface area contributed by atoms with Gasteiger partial charge in [0.15, 0.2) is 5.13 Å². The molecule has 2 atom stereocenters. The lowest BCUT2D eigenvalue weighted by Crippen LogP contribution is -2.44. The monoisotopic (exact) mass is 308 g/mol. The Morgan fingerprint density at radius 3 is 2.90 bits per heavy atom. The third-order valence-electron chi connectivity index (χ3n) is 4.75. The number of aromatic nitrogens is 1. The normalized spacial score (nSPS) is 25.5. The summed E-state index contributed by atoms with van der Waals surface area (Å²) < 4.78 is 0. The predicted molar refractivity (Wildman–Crippen MR) is 86.7 cm³/mol. The van der Waals surface area contributed by atoms with Crippen LogP contribution in [0.4, 0.5) is 10.9 Å². The van der Waals surface area contributed by atoms with Crippen LogP contribution in [0.3, 0.4) is 0 Å². The fourth-order valence-electron chi connectivity index (χ4n) is 3.64. The number of nitrogen functional groups attached to an aromatic ring is 1. The van der Waals surface area contributed by atoms with E-state index in [9.17, 15) is 4.79 Å². The molecule has 2 unspecified atom stereocenters. The number of fused-ring (bicyclic) bond motifs is 1. The van der Waals surface area contributed by atoms with Crippen LogP contribution in [0.2, 0.25) is 0 Å². The number of carbonyl (C=O) groups is 1. The smallest absolute Gasteiger partial charge is 0.267 e. The Morgan fingerprint density at radius 2 is 2.14 bits per heavy atom. The van der Waals surface area contributed by atoms with Crippen LogP contribution in [0.1, 0.15) is 48.7 Å². The minimum absolute atomic E-state index is 0.0678. The average molecular weight is 308 g/mol. The largest absolute Gasteiger partial charge is 0.382 e. The molecule has 1 amide bonds. The number of hydrogen-bond donors (Lipinski definition) is 2. The zero-order valence-corrected chi connectivity index (χ0v) is 13.4. The molecule has 1 aliphatic heterocycles. The van der Waals surface area contributed by atoms with E-state index in [0.717, 1.165) is 37.1 Å². The first-order chi connectivity index (χ1) is 10.2. The van der Waals surface area contributed by atoms with Gasteiger partial charge in [0.05, 0.1) is 0 Å². The molecule has 1 aromatic heterocycles. The van der Waals surface area contributed by atoms with Crippen LogP contribution in [-0.4, -0.2) is 35.4 Å². The van der Waals surface area contributed by atoms with Crippen molar-refractivity contribution >= 4 is 28.2 Å². The van der Waals surface area contributed by atoms with Crippen molar-refractivity contribution in [3.05, 3.63) is 4.88 Å². The van der Waals surface area contributed by atoms with Crippen molar-refractivity contribution < 1.29 is 4.79 Å². The van der Waals surface area contributed by atoms with E-state index in [1.54, 1.807) is 0 Å². The molecular weight excluding hydrogens is 284 g/mol. The van der Waals surface area contributed by atoms with Crippen LogP contribution in [0.15, 0.2) is 0 Å². The Balaban J connectivity index is 1.70. The molecule has 2 aliphatic rings. The molecule has 21 heavy (non-hydrogen) atoms. The number of nitrogens with one attached hydrogen (secondary N) is 1. The minimum Gasteiger partial charge on any atom is -0.382 e. The Hall–Kier alpha value is -1.30. The first-order valence-electron chi connectivity index (χ1n) is 7.98. The molecule has 3 N–H and O–H groups in total. The fourth-order valence-corrected chi connectivity index (χ4v) is 4.56. The molecule has 1 aliphatic carbocycles.